The van der Waals surface area contributed by atoms with Crippen LogP contribution in [0.15, 0.2) is 39.5 Å². The molecular formula is C15H19BrN2S. The minimum atomic E-state index is 0.902. The van der Waals surface area contributed by atoms with Gasteiger partial charge >= 0.3 is 0 Å². The molecule has 1 aromatic carbocycles. The van der Waals surface area contributed by atoms with E-state index in [-0.39, 0.29) is 0 Å². The van der Waals surface area contributed by atoms with E-state index in [0.717, 1.165) is 24.1 Å². The van der Waals surface area contributed by atoms with Crippen LogP contribution in [0.5, 0.6) is 0 Å². The zero-order chi connectivity index (χ0) is 13.7. The molecule has 1 aromatic heterocycles. The predicted octanol–water partition coefficient (Wildman–Crippen LogP) is 4.26. The first kappa shape index (κ1) is 14.6. The van der Waals surface area contributed by atoms with Gasteiger partial charge in [0.2, 0.25) is 0 Å². The van der Waals surface area contributed by atoms with E-state index in [1.807, 2.05) is 0 Å². The van der Waals surface area contributed by atoms with Gasteiger partial charge in [-0.05, 0) is 52.7 Å². The van der Waals surface area contributed by atoms with E-state index in [1.54, 1.807) is 11.3 Å². The van der Waals surface area contributed by atoms with Crippen LogP contribution in [-0.4, -0.2) is 13.6 Å². The summed E-state index contributed by atoms with van der Waals surface area (Å²) in [4.78, 5) is 2.31. The van der Waals surface area contributed by atoms with Crippen LogP contribution in [0.4, 0.5) is 5.69 Å². The smallest absolute Gasteiger partial charge is 0.0434 e. The third kappa shape index (κ3) is 4.06. The summed E-state index contributed by atoms with van der Waals surface area (Å²) < 4.78 is 1.13. The first-order chi connectivity index (χ1) is 9.20. The Hall–Kier alpha value is -0.840. The molecule has 102 valence electrons. The number of nitrogens with one attached hydrogen (secondary N) is 1. The second kappa shape index (κ2) is 7.08. The zero-order valence-corrected chi connectivity index (χ0v) is 13.7. The number of benzene rings is 1. The number of anilines is 1. The van der Waals surface area contributed by atoms with Crippen LogP contribution in [0.25, 0.3) is 0 Å². The third-order valence-corrected chi connectivity index (χ3v) is 4.24. The van der Waals surface area contributed by atoms with Gasteiger partial charge in [-0.3, -0.25) is 0 Å². The van der Waals surface area contributed by atoms with Crippen molar-refractivity contribution in [3.05, 3.63) is 50.6 Å². The molecule has 0 aliphatic rings. The Morgan fingerprint density at radius 2 is 2.16 bits per heavy atom. The molecule has 0 saturated carbocycles. The lowest BCUT2D eigenvalue weighted by Crippen LogP contribution is -2.20. The van der Waals surface area contributed by atoms with Gasteiger partial charge in [0, 0.05) is 30.3 Å². The first-order valence-electron chi connectivity index (χ1n) is 6.42. The lowest BCUT2D eigenvalue weighted by Gasteiger charge is -2.22. The molecule has 0 amide bonds. The maximum Gasteiger partial charge on any atom is 0.0434 e. The molecule has 0 fully saturated rings. The average Bonchev–Trinajstić information content (AvgIpc) is 2.89. The molecule has 0 saturated heterocycles. The summed E-state index contributed by atoms with van der Waals surface area (Å²) >= 11 is 5.30. The van der Waals surface area contributed by atoms with Crippen molar-refractivity contribution in [1.82, 2.24) is 5.32 Å². The minimum absolute atomic E-state index is 0.902. The van der Waals surface area contributed by atoms with Crippen molar-refractivity contribution in [1.29, 1.82) is 0 Å². The molecule has 0 radical (unpaired) electrons. The van der Waals surface area contributed by atoms with Crippen molar-refractivity contribution >= 4 is 33.0 Å². The molecule has 4 heteroatoms. The maximum absolute atomic E-state index is 3.55. The quantitative estimate of drug-likeness (QED) is 0.846. The minimum Gasteiger partial charge on any atom is -0.370 e. The van der Waals surface area contributed by atoms with Crippen molar-refractivity contribution < 1.29 is 0 Å². The van der Waals surface area contributed by atoms with Crippen LogP contribution in [0, 0.1) is 0 Å². The van der Waals surface area contributed by atoms with Crippen LogP contribution in [-0.2, 0) is 13.1 Å². The van der Waals surface area contributed by atoms with E-state index < -0.39 is 0 Å². The van der Waals surface area contributed by atoms with E-state index in [4.69, 9.17) is 0 Å². The van der Waals surface area contributed by atoms with Crippen LogP contribution in [0.1, 0.15) is 18.1 Å². The largest absolute Gasteiger partial charge is 0.370 e. The van der Waals surface area contributed by atoms with Crippen molar-refractivity contribution in [3.63, 3.8) is 0 Å². The molecule has 0 aliphatic carbocycles. The molecule has 0 spiro atoms. The molecule has 1 N–H and O–H groups in total. The number of rotatable bonds is 6. The molecule has 2 aromatic rings. The van der Waals surface area contributed by atoms with Crippen molar-refractivity contribution in [2.75, 3.05) is 18.5 Å². The molecular weight excluding hydrogens is 320 g/mol. The molecule has 0 aliphatic heterocycles. The van der Waals surface area contributed by atoms with Gasteiger partial charge in [-0.15, -0.1) is 0 Å². The van der Waals surface area contributed by atoms with Crippen molar-refractivity contribution in [2.24, 2.45) is 0 Å². The third-order valence-electron chi connectivity index (χ3n) is 3.02. The molecule has 2 nitrogen and oxygen atoms in total. The monoisotopic (exact) mass is 338 g/mol. The SMILES string of the molecule is CCNCc1cc(Br)ccc1N(C)Cc1ccsc1. The molecule has 19 heavy (non-hydrogen) atoms. The van der Waals surface area contributed by atoms with Gasteiger partial charge in [0.1, 0.15) is 0 Å². The molecule has 0 unspecified atom stereocenters. The fourth-order valence-corrected chi connectivity index (χ4v) is 3.14. The number of thiophene rings is 1. The van der Waals surface area contributed by atoms with Crippen LogP contribution >= 0.6 is 27.3 Å². The molecule has 0 bridgehead atoms. The second-order valence-corrected chi connectivity index (χ2v) is 6.24. The van der Waals surface area contributed by atoms with Crippen molar-refractivity contribution in [3.8, 4) is 0 Å². The molecule has 0 atom stereocenters. The van der Waals surface area contributed by atoms with Crippen LogP contribution in [0.3, 0.4) is 0 Å². The average molecular weight is 339 g/mol. The van der Waals surface area contributed by atoms with E-state index in [0.29, 0.717) is 0 Å². The molecule has 1 heterocycles. The number of hydrogen-bond donors (Lipinski definition) is 1. The lowest BCUT2D eigenvalue weighted by molar-refractivity contribution is 0.723. The fraction of sp³-hybridized carbons (Fsp3) is 0.333. The topological polar surface area (TPSA) is 15.3 Å². The lowest BCUT2D eigenvalue weighted by atomic mass is 10.1. The standard InChI is InChI=1S/C15H19BrN2S/c1-3-17-9-13-8-14(16)4-5-15(13)18(2)10-12-6-7-19-11-12/h4-8,11,17H,3,9-10H2,1-2H3. The van der Waals surface area contributed by atoms with Gasteiger partial charge in [-0.2, -0.15) is 11.3 Å². The normalized spacial score (nSPS) is 10.7. The predicted molar refractivity (Wildman–Crippen MR) is 87.9 cm³/mol. The van der Waals surface area contributed by atoms with Gasteiger partial charge in [-0.25, -0.2) is 0 Å². The maximum atomic E-state index is 3.55. The highest BCUT2D eigenvalue weighted by atomic mass is 79.9. The summed E-state index contributed by atoms with van der Waals surface area (Å²) in [5.41, 5.74) is 3.98. The Labute approximate surface area is 127 Å². The van der Waals surface area contributed by atoms with Crippen LogP contribution in [0.2, 0.25) is 0 Å². The number of nitrogens with zero attached hydrogens (tertiary/aromatic N) is 1. The number of halogens is 1. The zero-order valence-electron chi connectivity index (χ0n) is 11.3. The van der Waals surface area contributed by atoms with Crippen LogP contribution < -0.4 is 10.2 Å². The van der Waals surface area contributed by atoms with E-state index in [2.05, 4.69) is 75.1 Å². The Balaban J connectivity index is 2.17. The highest BCUT2D eigenvalue weighted by Gasteiger charge is 2.08. The van der Waals surface area contributed by atoms with E-state index in [1.165, 1.54) is 16.8 Å². The first-order valence-corrected chi connectivity index (χ1v) is 8.15. The summed E-state index contributed by atoms with van der Waals surface area (Å²) in [7, 11) is 2.15. The van der Waals surface area contributed by atoms with Gasteiger partial charge in [0.25, 0.3) is 0 Å². The Bertz CT molecular complexity index is 511. The Kier molecular flexibility index (Phi) is 5.43. The highest BCUT2D eigenvalue weighted by Crippen LogP contribution is 2.25. The summed E-state index contributed by atoms with van der Waals surface area (Å²) in [6, 6.07) is 8.67. The summed E-state index contributed by atoms with van der Waals surface area (Å²) in [6.45, 7) is 4.97. The van der Waals surface area contributed by atoms with E-state index in [9.17, 15) is 0 Å². The highest BCUT2D eigenvalue weighted by molar-refractivity contribution is 9.10. The summed E-state index contributed by atoms with van der Waals surface area (Å²) in [5.74, 6) is 0. The van der Waals surface area contributed by atoms with Gasteiger partial charge in [0.05, 0.1) is 0 Å². The van der Waals surface area contributed by atoms with Gasteiger partial charge in [-0.1, -0.05) is 22.9 Å². The van der Waals surface area contributed by atoms with E-state index >= 15 is 0 Å². The molecule has 2 rings (SSSR count). The van der Waals surface area contributed by atoms with Gasteiger partial charge < -0.3 is 10.2 Å². The van der Waals surface area contributed by atoms with Crippen molar-refractivity contribution in [2.45, 2.75) is 20.0 Å². The Morgan fingerprint density at radius 3 is 2.84 bits per heavy atom. The summed E-state index contributed by atoms with van der Waals surface area (Å²) in [6.07, 6.45) is 0. The fourth-order valence-electron chi connectivity index (χ4n) is 2.07. The second-order valence-electron chi connectivity index (χ2n) is 4.54. The Morgan fingerprint density at radius 1 is 1.32 bits per heavy atom. The van der Waals surface area contributed by atoms with Gasteiger partial charge in [0.15, 0.2) is 0 Å². The summed E-state index contributed by atoms with van der Waals surface area (Å²) in [5, 5.41) is 7.74. The number of hydrogen-bond acceptors (Lipinski definition) is 3.